The average molecular weight is 347 g/mol. The van der Waals surface area contributed by atoms with E-state index in [1.165, 1.54) is 24.4 Å². The molecule has 5 nitrogen and oxygen atoms in total. The third-order valence-corrected chi connectivity index (χ3v) is 3.32. The van der Waals surface area contributed by atoms with Gasteiger partial charge in [-0.05, 0) is 18.2 Å². The van der Waals surface area contributed by atoms with Gasteiger partial charge in [-0.3, -0.25) is 9.78 Å². The number of nitrogens with one attached hydrogen (secondary N) is 1. The standard InChI is InChI=1S/C17H12F3N3O2/c18-17(19,20)25-15-8-4-1-5-11(15)9-22-16(24)14-10-21-12-6-2-3-7-13(12)23-14/h1-8,10H,9H2,(H,22,24). The summed E-state index contributed by atoms with van der Waals surface area (Å²) in [6.45, 7) is -0.139. The minimum Gasteiger partial charge on any atom is -0.405 e. The highest BCUT2D eigenvalue weighted by Gasteiger charge is 2.32. The van der Waals surface area contributed by atoms with Crippen LogP contribution in [0.15, 0.2) is 54.7 Å². The van der Waals surface area contributed by atoms with Crippen LogP contribution in [0.5, 0.6) is 5.75 Å². The van der Waals surface area contributed by atoms with Crippen molar-refractivity contribution in [1.29, 1.82) is 0 Å². The number of halogens is 3. The van der Waals surface area contributed by atoms with Crippen LogP contribution in [-0.4, -0.2) is 22.2 Å². The van der Waals surface area contributed by atoms with Crippen molar-refractivity contribution < 1.29 is 22.7 Å². The van der Waals surface area contributed by atoms with E-state index < -0.39 is 12.3 Å². The van der Waals surface area contributed by atoms with Gasteiger partial charge < -0.3 is 10.1 Å². The van der Waals surface area contributed by atoms with E-state index in [0.717, 1.165) is 0 Å². The third-order valence-electron chi connectivity index (χ3n) is 3.32. The van der Waals surface area contributed by atoms with Crippen LogP contribution in [0.1, 0.15) is 16.1 Å². The second-order valence-electron chi connectivity index (χ2n) is 5.08. The number of benzene rings is 2. The normalized spacial score (nSPS) is 11.3. The number of hydrogen-bond acceptors (Lipinski definition) is 4. The summed E-state index contributed by atoms with van der Waals surface area (Å²) in [7, 11) is 0. The lowest BCUT2D eigenvalue weighted by atomic mass is 10.2. The Labute approximate surface area is 140 Å². The molecule has 0 spiro atoms. The molecule has 0 saturated carbocycles. The molecule has 1 N–H and O–H groups in total. The first kappa shape index (κ1) is 16.7. The molecule has 3 rings (SSSR count). The number of alkyl halides is 3. The number of para-hydroxylation sites is 3. The Kier molecular flexibility index (Phi) is 4.51. The second-order valence-corrected chi connectivity index (χ2v) is 5.08. The van der Waals surface area contributed by atoms with E-state index >= 15 is 0 Å². The third kappa shape index (κ3) is 4.23. The van der Waals surface area contributed by atoms with E-state index in [0.29, 0.717) is 11.0 Å². The molecule has 128 valence electrons. The number of amides is 1. The van der Waals surface area contributed by atoms with E-state index in [2.05, 4.69) is 20.0 Å². The lowest BCUT2D eigenvalue weighted by molar-refractivity contribution is -0.274. The molecule has 0 fully saturated rings. The number of aromatic nitrogens is 2. The van der Waals surface area contributed by atoms with Crippen LogP contribution in [-0.2, 0) is 6.54 Å². The molecule has 0 aliphatic heterocycles. The second kappa shape index (κ2) is 6.76. The Morgan fingerprint density at radius 1 is 1.04 bits per heavy atom. The zero-order valence-corrected chi connectivity index (χ0v) is 12.7. The van der Waals surface area contributed by atoms with Gasteiger partial charge in [-0.15, -0.1) is 13.2 Å². The number of rotatable bonds is 4. The fraction of sp³-hybridized carbons (Fsp3) is 0.118. The molecule has 1 amide bonds. The summed E-state index contributed by atoms with van der Waals surface area (Å²) in [6, 6.07) is 12.6. The molecule has 0 atom stereocenters. The monoisotopic (exact) mass is 347 g/mol. The van der Waals surface area contributed by atoms with Crippen molar-refractivity contribution >= 4 is 16.9 Å². The Bertz CT molecular complexity index is 913. The summed E-state index contributed by atoms with van der Waals surface area (Å²) in [6.07, 6.45) is -3.49. The molecule has 0 aliphatic rings. The minimum absolute atomic E-state index is 0.0768. The molecule has 0 unspecified atom stereocenters. The highest BCUT2D eigenvalue weighted by Crippen LogP contribution is 2.26. The first-order valence-corrected chi connectivity index (χ1v) is 7.26. The van der Waals surface area contributed by atoms with Gasteiger partial charge in [-0.2, -0.15) is 0 Å². The topological polar surface area (TPSA) is 64.1 Å². The Morgan fingerprint density at radius 2 is 1.72 bits per heavy atom. The number of carbonyl (C=O) groups excluding carboxylic acids is 1. The van der Waals surface area contributed by atoms with Crippen LogP contribution in [0.3, 0.4) is 0 Å². The Morgan fingerprint density at radius 3 is 2.48 bits per heavy atom. The van der Waals surface area contributed by atoms with Gasteiger partial charge in [0.2, 0.25) is 0 Å². The van der Waals surface area contributed by atoms with Crippen LogP contribution in [0.2, 0.25) is 0 Å². The van der Waals surface area contributed by atoms with E-state index in [1.54, 1.807) is 30.3 Å². The van der Waals surface area contributed by atoms with Crippen molar-refractivity contribution in [1.82, 2.24) is 15.3 Å². The number of fused-ring (bicyclic) bond motifs is 1. The highest BCUT2D eigenvalue weighted by molar-refractivity contribution is 5.93. The number of hydrogen-bond donors (Lipinski definition) is 1. The molecule has 8 heteroatoms. The minimum atomic E-state index is -4.80. The highest BCUT2D eigenvalue weighted by atomic mass is 19.4. The van der Waals surface area contributed by atoms with Crippen molar-refractivity contribution in [3.05, 3.63) is 66.0 Å². The summed E-state index contributed by atoms with van der Waals surface area (Å²) in [5.74, 6) is -0.903. The molecule has 2 aromatic carbocycles. The average Bonchev–Trinajstić information content (AvgIpc) is 2.59. The van der Waals surface area contributed by atoms with E-state index in [-0.39, 0.29) is 23.6 Å². The van der Waals surface area contributed by atoms with Gasteiger partial charge in [-0.25, -0.2) is 4.98 Å². The molecule has 0 bridgehead atoms. The van der Waals surface area contributed by atoms with Crippen LogP contribution < -0.4 is 10.1 Å². The maximum absolute atomic E-state index is 12.4. The van der Waals surface area contributed by atoms with Gasteiger partial charge in [0.15, 0.2) is 0 Å². The van der Waals surface area contributed by atoms with Crippen molar-refractivity contribution in [2.45, 2.75) is 12.9 Å². The molecular formula is C17H12F3N3O2. The lowest BCUT2D eigenvalue weighted by Gasteiger charge is -2.13. The summed E-state index contributed by atoms with van der Waals surface area (Å²) in [5.41, 5.74) is 1.47. The van der Waals surface area contributed by atoms with Crippen LogP contribution in [0.4, 0.5) is 13.2 Å². The fourth-order valence-electron chi connectivity index (χ4n) is 2.21. The van der Waals surface area contributed by atoms with Crippen molar-refractivity contribution in [2.75, 3.05) is 0 Å². The zero-order chi connectivity index (χ0) is 17.9. The van der Waals surface area contributed by atoms with Gasteiger partial charge in [0.25, 0.3) is 5.91 Å². The molecule has 0 radical (unpaired) electrons. The van der Waals surface area contributed by atoms with Gasteiger partial charge in [0.05, 0.1) is 17.2 Å². The molecule has 25 heavy (non-hydrogen) atoms. The number of carbonyl (C=O) groups is 1. The molecule has 3 aromatic rings. The first-order valence-electron chi connectivity index (χ1n) is 7.26. The van der Waals surface area contributed by atoms with E-state index in [4.69, 9.17) is 0 Å². The summed E-state index contributed by atoms with van der Waals surface area (Å²) in [4.78, 5) is 20.5. The molecule has 0 saturated heterocycles. The molecule has 1 aromatic heterocycles. The Hall–Kier alpha value is -3.16. The smallest absolute Gasteiger partial charge is 0.405 e. The zero-order valence-electron chi connectivity index (χ0n) is 12.7. The summed E-state index contributed by atoms with van der Waals surface area (Å²) in [5, 5.41) is 2.52. The number of ether oxygens (including phenoxy) is 1. The predicted octanol–water partition coefficient (Wildman–Crippen LogP) is 3.46. The molecule has 0 aliphatic carbocycles. The van der Waals surface area contributed by atoms with E-state index in [1.807, 2.05) is 0 Å². The summed E-state index contributed by atoms with van der Waals surface area (Å²) >= 11 is 0. The Balaban J connectivity index is 1.73. The van der Waals surface area contributed by atoms with Crippen molar-refractivity contribution in [2.24, 2.45) is 0 Å². The molecule has 1 heterocycles. The van der Waals surface area contributed by atoms with Gasteiger partial charge in [0.1, 0.15) is 11.4 Å². The summed E-state index contributed by atoms with van der Waals surface area (Å²) < 4.78 is 41.2. The SMILES string of the molecule is O=C(NCc1ccccc1OC(F)(F)F)c1cnc2ccccc2n1. The maximum Gasteiger partial charge on any atom is 0.573 e. The maximum atomic E-state index is 12.4. The first-order chi connectivity index (χ1) is 11.9. The van der Waals surface area contributed by atoms with Crippen molar-refractivity contribution in [3.63, 3.8) is 0 Å². The predicted molar refractivity (Wildman–Crippen MR) is 83.8 cm³/mol. The van der Waals surface area contributed by atoms with Crippen molar-refractivity contribution in [3.8, 4) is 5.75 Å². The van der Waals surface area contributed by atoms with Gasteiger partial charge in [0, 0.05) is 12.1 Å². The quantitative estimate of drug-likeness (QED) is 0.785. The number of nitrogens with zero attached hydrogens (tertiary/aromatic N) is 2. The largest absolute Gasteiger partial charge is 0.573 e. The fourth-order valence-corrected chi connectivity index (χ4v) is 2.21. The van der Waals surface area contributed by atoms with E-state index in [9.17, 15) is 18.0 Å². The molecular weight excluding hydrogens is 335 g/mol. The van der Waals surface area contributed by atoms with Gasteiger partial charge in [-0.1, -0.05) is 30.3 Å². The lowest BCUT2D eigenvalue weighted by Crippen LogP contribution is -2.25. The van der Waals surface area contributed by atoms with Crippen LogP contribution in [0.25, 0.3) is 11.0 Å². The van der Waals surface area contributed by atoms with Crippen LogP contribution >= 0.6 is 0 Å². The van der Waals surface area contributed by atoms with Crippen LogP contribution in [0, 0.1) is 0 Å². The van der Waals surface area contributed by atoms with Gasteiger partial charge >= 0.3 is 6.36 Å².